The van der Waals surface area contributed by atoms with E-state index in [9.17, 15) is 0 Å². The van der Waals surface area contributed by atoms with Gasteiger partial charge < -0.3 is 15.2 Å². The molecule has 0 amide bonds. The molecule has 108 valence electrons. The van der Waals surface area contributed by atoms with E-state index in [1.54, 1.807) is 0 Å². The van der Waals surface area contributed by atoms with Gasteiger partial charge in [-0.25, -0.2) is 0 Å². The molecule has 0 spiro atoms. The van der Waals surface area contributed by atoms with Gasteiger partial charge >= 0.3 is 0 Å². The summed E-state index contributed by atoms with van der Waals surface area (Å²) in [7, 11) is 0. The summed E-state index contributed by atoms with van der Waals surface area (Å²) in [6.07, 6.45) is 1.80. The van der Waals surface area contributed by atoms with E-state index in [-0.39, 0.29) is 6.61 Å². The monoisotopic (exact) mass is 393 g/mol. The highest BCUT2D eigenvalue weighted by atomic mass is 79.9. The van der Waals surface area contributed by atoms with Crippen LogP contribution >= 0.6 is 31.9 Å². The first kappa shape index (κ1) is 17.0. The second-order valence-corrected chi connectivity index (χ2v) is 6.23. The molecule has 3 nitrogen and oxygen atoms in total. The van der Waals surface area contributed by atoms with E-state index in [0.717, 1.165) is 39.6 Å². The molecule has 0 aliphatic rings. The molecule has 0 bridgehead atoms. The maximum Gasteiger partial charge on any atom is 0.138 e. The Morgan fingerprint density at radius 2 is 2.11 bits per heavy atom. The molecule has 0 radical (unpaired) electrons. The topological polar surface area (TPSA) is 41.5 Å². The zero-order valence-corrected chi connectivity index (χ0v) is 14.6. The highest BCUT2D eigenvalue weighted by molar-refractivity contribution is 9.11. The number of hydrogen-bond acceptors (Lipinski definition) is 3. The molecule has 1 aromatic carbocycles. The van der Waals surface area contributed by atoms with Gasteiger partial charge in [0.05, 0.1) is 11.1 Å². The fourth-order valence-corrected chi connectivity index (χ4v) is 3.26. The largest absolute Gasteiger partial charge is 0.492 e. The van der Waals surface area contributed by atoms with Gasteiger partial charge in [-0.1, -0.05) is 15.9 Å². The molecule has 1 aromatic rings. The molecule has 0 heterocycles. The molecule has 5 heteroatoms. The van der Waals surface area contributed by atoms with Gasteiger partial charge in [0, 0.05) is 29.2 Å². The molecule has 0 aliphatic carbocycles. The second-order valence-electron chi connectivity index (χ2n) is 4.46. The molecule has 19 heavy (non-hydrogen) atoms. The first-order valence-corrected chi connectivity index (χ1v) is 8.12. The van der Waals surface area contributed by atoms with Crippen molar-refractivity contribution < 1.29 is 9.84 Å². The minimum atomic E-state index is 0.249. The Bertz CT molecular complexity index is 399. The normalized spacial score (nSPS) is 12.5. The van der Waals surface area contributed by atoms with Crippen molar-refractivity contribution in [3.8, 4) is 5.75 Å². The number of nitrogens with one attached hydrogen (secondary N) is 1. The summed E-state index contributed by atoms with van der Waals surface area (Å²) in [5, 5.41) is 12.3. The third kappa shape index (κ3) is 5.81. The number of rotatable bonds is 8. The van der Waals surface area contributed by atoms with E-state index < -0.39 is 0 Å². The van der Waals surface area contributed by atoms with Crippen LogP contribution in [0.15, 0.2) is 21.1 Å². The van der Waals surface area contributed by atoms with Crippen molar-refractivity contribution in [2.75, 3.05) is 13.2 Å². The molecule has 1 atom stereocenters. The lowest BCUT2D eigenvalue weighted by Gasteiger charge is -2.17. The Morgan fingerprint density at radius 1 is 1.37 bits per heavy atom. The van der Waals surface area contributed by atoms with Crippen molar-refractivity contribution in [2.45, 2.75) is 39.3 Å². The smallest absolute Gasteiger partial charge is 0.138 e. The average Bonchev–Trinajstić information content (AvgIpc) is 2.37. The molecule has 0 saturated carbocycles. The van der Waals surface area contributed by atoms with Gasteiger partial charge in [-0.2, -0.15) is 0 Å². The minimum absolute atomic E-state index is 0.249. The molecule has 1 unspecified atom stereocenters. The highest BCUT2D eigenvalue weighted by Gasteiger charge is 2.11. The van der Waals surface area contributed by atoms with Crippen molar-refractivity contribution in [3.05, 3.63) is 26.6 Å². The lowest BCUT2D eigenvalue weighted by atomic mass is 10.1. The van der Waals surface area contributed by atoms with Crippen molar-refractivity contribution >= 4 is 31.9 Å². The number of halogens is 2. The van der Waals surface area contributed by atoms with Crippen LogP contribution < -0.4 is 10.1 Å². The first-order valence-electron chi connectivity index (χ1n) is 6.53. The lowest BCUT2D eigenvalue weighted by Crippen LogP contribution is -2.26. The quantitative estimate of drug-likeness (QED) is 0.703. The molecule has 2 N–H and O–H groups in total. The maximum absolute atomic E-state index is 8.83. The Hall–Kier alpha value is -0.100. The van der Waals surface area contributed by atoms with E-state index in [2.05, 4.69) is 50.2 Å². The minimum Gasteiger partial charge on any atom is -0.492 e. The van der Waals surface area contributed by atoms with Crippen LogP contribution in [-0.2, 0) is 6.54 Å². The van der Waals surface area contributed by atoms with Crippen molar-refractivity contribution in [2.24, 2.45) is 0 Å². The van der Waals surface area contributed by atoms with Gasteiger partial charge in [-0.05, 0) is 54.8 Å². The standard InChI is InChI=1S/C14H21Br2NO2/c1-3-19-14-11(7-12(15)8-13(14)16)9-17-10(2)5-4-6-18/h7-8,10,17-18H,3-6,9H2,1-2H3. The molecular weight excluding hydrogens is 374 g/mol. The molecule has 0 saturated heterocycles. The van der Waals surface area contributed by atoms with Gasteiger partial charge in [-0.15, -0.1) is 0 Å². The molecule has 0 aromatic heterocycles. The Morgan fingerprint density at radius 3 is 2.74 bits per heavy atom. The van der Waals surface area contributed by atoms with Crippen LogP contribution in [0, 0.1) is 0 Å². The van der Waals surface area contributed by atoms with Gasteiger partial charge in [-0.3, -0.25) is 0 Å². The predicted octanol–water partition coefficient (Wildman–Crippen LogP) is 3.86. The Kier molecular flexibility index (Phi) is 7.99. The van der Waals surface area contributed by atoms with Crippen LogP contribution in [0.25, 0.3) is 0 Å². The van der Waals surface area contributed by atoms with Crippen LogP contribution in [-0.4, -0.2) is 24.4 Å². The van der Waals surface area contributed by atoms with Gasteiger partial charge in [0.1, 0.15) is 5.75 Å². The molecule has 0 aliphatic heterocycles. The predicted molar refractivity (Wildman–Crippen MR) is 85.6 cm³/mol. The Labute approximate surface area is 132 Å². The van der Waals surface area contributed by atoms with E-state index in [4.69, 9.17) is 9.84 Å². The lowest BCUT2D eigenvalue weighted by molar-refractivity contribution is 0.276. The van der Waals surface area contributed by atoms with Gasteiger partial charge in [0.25, 0.3) is 0 Å². The fourth-order valence-electron chi connectivity index (χ4n) is 1.83. The second kappa shape index (κ2) is 8.95. The SMILES string of the molecule is CCOc1c(Br)cc(Br)cc1CNC(C)CCCO. The zero-order valence-electron chi connectivity index (χ0n) is 11.4. The number of benzene rings is 1. The summed E-state index contributed by atoms with van der Waals surface area (Å²) in [6.45, 7) is 5.75. The third-order valence-electron chi connectivity index (χ3n) is 2.81. The average molecular weight is 395 g/mol. The first-order chi connectivity index (χ1) is 9.08. The zero-order chi connectivity index (χ0) is 14.3. The molecular formula is C14H21Br2NO2. The highest BCUT2D eigenvalue weighted by Crippen LogP contribution is 2.33. The summed E-state index contributed by atoms with van der Waals surface area (Å²) < 4.78 is 7.68. The van der Waals surface area contributed by atoms with E-state index >= 15 is 0 Å². The Balaban J connectivity index is 2.70. The number of aliphatic hydroxyl groups excluding tert-OH is 1. The number of aliphatic hydroxyl groups is 1. The van der Waals surface area contributed by atoms with Crippen LogP contribution in [0.1, 0.15) is 32.3 Å². The fraction of sp³-hybridized carbons (Fsp3) is 0.571. The van der Waals surface area contributed by atoms with Crippen LogP contribution in [0.5, 0.6) is 5.75 Å². The van der Waals surface area contributed by atoms with Crippen LogP contribution in [0.4, 0.5) is 0 Å². The van der Waals surface area contributed by atoms with Crippen molar-refractivity contribution in [1.82, 2.24) is 5.32 Å². The van der Waals surface area contributed by atoms with Crippen LogP contribution in [0.3, 0.4) is 0 Å². The number of ether oxygens (including phenoxy) is 1. The summed E-state index contributed by atoms with van der Waals surface area (Å²) in [6, 6.07) is 4.44. The number of hydrogen-bond donors (Lipinski definition) is 2. The van der Waals surface area contributed by atoms with Crippen LogP contribution in [0.2, 0.25) is 0 Å². The molecule has 1 rings (SSSR count). The maximum atomic E-state index is 8.83. The summed E-state index contributed by atoms with van der Waals surface area (Å²) in [5.41, 5.74) is 1.12. The van der Waals surface area contributed by atoms with E-state index in [0.29, 0.717) is 12.6 Å². The van der Waals surface area contributed by atoms with E-state index in [1.165, 1.54) is 0 Å². The van der Waals surface area contributed by atoms with Gasteiger partial charge in [0.15, 0.2) is 0 Å². The summed E-state index contributed by atoms with van der Waals surface area (Å²) in [5.74, 6) is 0.896. The van der Waals surface area contributed by atoms with Crippen molar-refractivity contribution in [1.29, 1.82) is 0 Å². The summed E-state index contributed by atoms with van der Waals surface area (Å²) >= 11 is 7.03. The third-order valence-corrected chi connectivity index (χ3v) is 3.86. The van der Waals surface area contributed by atoms with E-state index in [1.807, 2.05) is 13.0 Å². The van der Waals surface area contributed by atoms with Gasteiger partial charge in [0.2, 0.25) is 0 Å². The van der Waals surface area contributed by atoms with Crippen molar-refractivity contribution in [3.63, 3.8) is 0 Å². The molecule has 0 fully saturated rings. The summed E-state index contributed by atoms with van der Waals surface area (Å²) in [4.78, 5) is 0.